The molecule has 0 aliphatic carbocycles. The van der Waals surface area contributed by atoms with Crippen molar-refractivity contribution in [2.45, 2.75) is 76.3 Å². The number of benzene rings is 2. The van der Waals surface area contributed by atoms with E-state index in [4.69, 9.17) is 19.4 Å². The summed E-state index contributed by atoms with van der Waals surface area (Å²) in [6.45, 7) is 6.00. The van der Waals surface area contributed by atoms with Gasteiger partial charge < -0.3 is 19.5 Å². The van der Waals surface area contributed by atoms with Crippen LogP contribution in [0.3, 0.4) is 0 Å². The van der Waals surface area contributed by atoms with Crippen LogP contribution in [0.4, 0.5) is 10.2 Å². The van der Waals surface area contributed by atoms with Gasteiger partial charge in [-0.2, -0.15) is 9.97 Å². The molecule has 1 N–H and O–H groups in total. The van der Waals surface area contributed by atoms with Crippen molar-refractivity contribution in [3.63, 3.8) is 0 Å². The number of hydrogen-bond acceptors (Lipinski definition) is 8. The van der Waals surface area contributed by atoms with Gasteiger partial charge in [-0.05, 0) is 80.0 Å². The zero-order valence-corrected chi connectivity index (χ0v) is 25.8. The number of aryl methyl sites for hydroxylation is 1. The predicted molar refractivity (Wildman–Crippen MR) is 171 cm³/mol. The molecule has 8 nitrogen and oxygen atoms in total. The van der Waals surface area contributed by atoms with E-state index in [0.29, 0.717) is 29.4 Å². The lowest BCUT2D eigenvalue weighted by atomic mass is 9.95. The van der Waals surface area contributed by atoms with Crippen LogP contribution in [0.2, 0.25) is 0 Å². The smallest absolute Gasteiger partial charge is 0.319 e. The van der Waals surface area contributed by atoms with Crippen molar-refractivity contribution in [3.8, 4) is 23.0 Å². The molecule has 0 saturated carbocycles. The van der Waals surface area contributed by atoms with Gasteiger partial charge in [-0.3, -0.25) is 9.88 Å². The van der Waals surface area contributed by atoms with E-state index in [-0.39, 0.29) is 28.5 Å². The monoisotopic (exact) mass is 599 g/mol. The molecule has 232 valence electrons. The second-order valence-electron chi connectivity index (χ2n) is 12.7. The predicted octanol–water partition coefficient (Wildman–Crippen LogP) is 6.65. The quantitative estimate of drug-likeness (QED) is 0.241. The Balaban J connectivity index is 1.33. The van der Waals surface area contributed by atoms with E-state index in [1.807, 2.05) is 18.2 Å². The second-order valence-corrected chi connectivity index (χ2v) is 12.7. The van der Waals surface area contributed by atoms with Crippen LogP contribution in [0, 0.1) is 5.82 Å². The first kappa shape index (κ1) is 29.2. The molecule has 5 heterocycles. The van der Waals surface area contributed by atoms with Gasteiger partial charge in [0.05, 0.1) is 17.5 Å². The Kier molecular flexibility index (Phi) is 8.01. The largest absolute Gasteiger partial charge is 0.508 e. The lowest BCUT2D eigenvalue weighted by Crippen LogP contribution is -2.47. The number of fused-ring (bicyclic) bond motifs is 3. The zero-order valence-electron chi connectivity index (χ0n) is 25.8. The maximum atomic E-state index is 16.8. The third kappa shape index (κ3) is 5.13. The van der Waals surface area contributed by atoms with Gasteiger partial charge in [-0.25, -0.2) is 4.39 Å². The summed E-state index contributed by atoms with van der Waals surface area (Å²) in [5, 5.41) is 12.9. The van der Waals surface area contributed by atoms with Crippen LogP contribution < -0.4 is 9.64 Å². The van der Waals surface area contributed by atoms with Gasteiger partial charge in [0.15, 0.2) is 5.82 Å². The van der Waals surface area contributed by atoms with Crippen molar-refractivity contribution < 1.29 is 19.0 Å². The molecule has 44 heavy (non-hydrogen) atoms. The van der Waals surface area contributed by atoms with Gasteiger partial charge in [0.25, 0.3) is 0 Å². The van der Waals surface area contributed by atoms with E-state index in [1.165, 1.54) is 12.8 Å². The van der Waals surface area contributed by atoms with Crippen LogP contribution in [0.15, 0.2) is 36.5 Å². The Morgan fingerprint density at radius 2 is 1.89 bits per heavy atom. The highest BCUT2D eigenvalue weighted by Crippen LogP contribution is 2.43. The highest BCUT2D eigenvalue weighted by atomic mass is 19.1. The number of phenolic OH excluding ortho intramolecular Hbond substituents is 1. The minimum absolute atomic E-state index is 0.0662. The van der Waals surface area contributed by atoms with Crippen molar-refractivity contribution in [1.82, 2.24) is 19.9 Å². The number of hydrogen-bond donors (Lipinski definition) is 1. The Morgan fingerprint density at radius 3 is 2.68 bits per heavy atom. The number of aromatic hydroxyl groups is 1. The molecular weight excluding hydrogens is 557 g/mol. The Hall–Kier alpha value is -3.56. The lowest BCUT2D eigenvalue weighted by Gasteiger charge is -2.34. The minimum atomic E-state index is -0.523. The number of halogens is 1. The SMILES string of the molecule is CCc1cccc2cc(O)cc(-c3ncc4c(N5CCCCCC5)nc(OCC56CCCN5C(COC)CC6)nc4c3F)c12. The molecule has 3 fully saturated rings. The molecule has 2 aromatic heterocycles. The average molecular weight is 600 g/mol. The third-order valence-corrected chi connectivity index (χ3v) is 10.1. The number of nitrogens with zero attached hydrogens (tertiary/aromatic N) is 5. The first-order valence-corrected chi connectivity index (χ1v) is 16.3. The number of phenols is 1. The van der Waals surface area contributed by atoms with E-state index in [2.05, 4.69) is 21.7 Å². The molecule has 7 rings (SSSR count). The van der Waals surface area contributed by atoms with Crippen molar-refractivity contribution in [3.05, 3.63) is 47.9 Å². The van der Waals surface area contributed by atoms with E-state index in [1.54, 1.807) is 25.4 Å². The molecule has 2 aromatic carbocycles. The summed E-state index contributed by atoms with van der Waals surface area (Å²) < 4.78 is 28.8. The van der Waals surface area contributed by atoms with E-state index >= 15 is 4.39 Å². The fourth-order valence-electron chi connectivity index (χ4n) is 7.95. The second kappa shape index (κ2) is 12.1. The molecule has 9 heteroatoms. The molecule has 0 bridgehead atoms. The topological polar surface area (TPSA) is 83.8 Å². The first-order valence-electron chi connectivity index (χ1n) is 16.3. The Bertz CT molecular complexity index is 1670. The van der Waals surface area contributed by atoms with Gasteiger partial charge in [0.2, 0.25) is 0 Å². The summed E-state index contributed by atoms with van der Waals surface area (Å²) >= 11 is 0. The van der Waals surface area contributed by atoms with Gasteiger partial charge in [-0.15, -0.1) is 0 Å². The van der Waals surface area contributed by atoms with Crippen molar-refractivity contribution in [1.29, 1.82) is 0 Å². The number of ether oxygens (including phenoxy) is 2. The van der Waals surface area contributed by atoms with E-state index in [9.17, 15) is 5.11 Å². The summed E-state index contributed by atoms with van der Waals surface area (Å²) in [5.41, 5.74) is 1.94. The molecule has 3 saturated heterocycles. The van der Waals surface area contributed by atoms with Crippen molar-refractivity contribution >= 4 is 27.5 Å². The molecule has 0 spiro atoms. The van der Waals surface area contributed by atoms with Crippen molar-refractivity contribution in [2.24, 2.45) is 0 Å². The number of anilines is 1. The fourth-order valence-corrected chi connectivity index (χ4v) is 7.95. The number of rotatable bonds is 8. The van der Waals surface area contributed by atoms with Crippen LogP contribution >= 0.6 is 0 Å². The van der Waals surface area contributed by atoms with Crippen LogP contribution in [-0.4, -0.2) is 76.5 Å². The molecule has 3 aliphatic heterocycles. The number of aromatic nitrogens is 3. The third-order valence-electron chi connectivity index (χ3n) is 10.1. The van der Waals surface area contributed by atoms with E-state index in [0.717, 1.165) is 87.5 Å². The van der Waals surface area contributed by atoms with Gasteiger partial charge >= 0.3 is 6.01 Å². The molecule has 3 aliphatic rings. The van der Waals surface area contributed by atoms with Gasteiger partial charge in [0.1, 0.15) is 29.4 Å². The van der Waals surface area contributed by atoms with Gasteiger partial charge in [0, 0.05) is 38.0 Å². The summed E-state index contributed by atoms with van der Waals surface area (Å²) in [7, 11) is 1.76. The zero-order chi connectivity index (χ0) is 30.3. The highest BCUT2D eigenvalue weighted by Gasteiger charge is 2.49. The first-order chi connectivity index (χ1) is 21.5. The standard InChI is InChI=1S/C35H42FN5O3/c1-3-23-10-8-11-24-18-26(42)19-27(29(23)24)31-30(36)32-28(20-37-31)33(40-15-6-4-5-7-16-40)39-34(38-32)44-22-35-13-9-17-41(35)25(12-14-35)21-43-2/h8,10-11,18-20,25,42H,3-7,9,12-17,21-22H2,1-2H3. The molecular formula is C35H42FN5O3. The summed E-state index contributed by atoms with van der Waals surface area (Å²) in [4.78, 5) is 19.1. The van der Waals surface area contributed by atoms with Crippen LogP contribution in [-0.2, 0) is 11.2 Å². The molecule has 4 aromatic rings. The molecule has 0 amide bonds. The molecule has 2 unspecified atom stereocenters. The van der Waals surface area contributed by atoms with Gasteiger partial charge in [-0.1, -0.05) is 38.0 Å². The minimum Gasteiger partial charge on any atom is -0.508 e. The number of pyridine rings is 1. The fraction of sp³-hybridized carbons (Fsp3) is 0.514. The van der Waals surface area contributed by atoms with E-state index < -0.39 is 5.82 Å². The molecule has 0 radical (unpaired) electrons. The van der Waals surface area contributed by atoms with Crippen LogP contribution in [0.5, 0.6) is 11.8 Å². The van der Waals surface area contributed by atoms with Crippen LogP contribution in [0.1, 0.15) is 63.9 Å². The summed E-state index contributed by atoms with van der Waals surface area (Å²) in [6.07, 6.45) is 11.2. The normalized spacial score (nSPS) is 22.5. The number of methoxy groups -OCH3 is 1. The maximum absolute atomic E-state index is 16.8. The molecule has 2 atom stereocenters. The average Bonchev–Trinajstić information content (AvgIpc) is 3.47. The lowest BCUT2D eigenvalue weighted by molar-refractivity contribution is 0.0521. The summed E-state index contributed by atoms with van der Waals surface area (Å²) in [6, 6.07) is 9.87. The Labute approximate surface area is 258 Å². The Morgan fingerprint density at radius 1 is 1.05 bits per heavy atom. The summed E-state index contributed by atoms with van der Waals surface area (Å²) in [5.74, 6) is 0.234. The van der Waals surface area contributed by atoms with Crippen LogP contribution in [0.25, 0.3) is 32.9 Å². The van der Waals surface area contributed by atoms with Crippen molar-refractivity contribution in [2.75, 3.05) is 44.9 Å². The highest BCUT2D eigenvalue weighted by molar-refractivity contribution is 6.01. The maximum Gasteiger partial charge on any atom is 0.319 e.